The summed E-state index contributed by atoms with van der Waals surface area (Å²) >= 11 is 0. The van der Waals surface area contributed by atoms with Crippen LogP contribution in [0.1, 0.15) is 50.5 Å². The zero-order valence-corrected chi connectivity index (χ0v) is 17.6. The summed E-state index contributed by atoms with van der Waals surface area (Å²) in [4.78, 5) is 11.6. The SMILES string of the molecule is CCn1cc(C(C)=O)cc1-c1ccc(CO[Si](C)(C)C(C)(C)C)cc1. The zero-order valence-electron chi connectivity index (χ0n) is 16.6. The monoisotopic (exact) mass is 357 g/mol. The third-order valence-electron chi connectivity index (χ3n) is 5.30. The van der Waals surface area contributed by atoms with Gasteiger partial charge in [-0.05, 0) is 49.2 Å². The Kier molecular flexibility index (Phi) is 5.74. The van der Waals surface area contributed by atoms with Gasteiger partial charge in [0.2, 0.25) is 0 Å². The molecule has 4 heteroatoms. The predicted octanol–water partition coefficient (Wildman–Crippen LogP) is 5.90. The fraction of sp³-hybridized carbons (Fsp3) is 0.476. The van der Waals surface area contributed by atoms with Crippen LogP contribution in [0.15, 0.2) is 36.5 Å². The van der Waals surface area contributed by atoms with Crippen LogP contribution in [0.5, 0.6) is 0 Å². The van der Waals surface area contributed by atoms with Gasteiger partial charge in [-0.1, -0.05) is 45.0 Å². The molecule has 0 amide bonds. The maximum atomic E-state index is 11.6. The molecule has 1 heterocycles. The summed E-state index contributed by atoms with van der Waals surface area (Å²) in [6, 6.07) is 10.5. The van der Waals surface area contributed by atoms with E-state index < -0.39 is 8.32 Å². The van der Waals surface area contributed by atoms with E-state index in [9.17, 15) is 4.79 Å². The molecule has 0 bridgehead atoms. The summed E-state index contributed by atoms with van der Waals surface area (Å²) in [5.41, 5.74) is 4.17. The minimum absolute atomic E-state index is 0.104. The lowest BCUT2D eigenvalue weighted by Crippen LogP contribution is -2.40. The molecule has 0 spiro atoms. The predicted molar refractivity (Wildman–Crippen MR) is 108 cm³/mol. The van der Waals surface area contributed by atoms with Crippen LogP contribution in [0.3, 0.4) is 0 Å². The lowest BCUT2D eigenvalue weighted by molar-refractivity contribution is 0.101. The first-order valence-corrected chi connectivity index (χ1v) is 11.9. The molecule has 1 aromatic heterocycles. The van der Waals surface area contributed by atoms with Gasteiger partial charge >= 0.3 is 0 Å². The normalized spacial score (nSPS) is 12.4. The van der Waals surface area contributed by atoms with Crippen molar-refractivity contribution in [2.24, 2.45) is 0 Å². The number of hydrogen-bond donors (Lipinski definition) is 0. The van der Waals surface area contributed by atoms with E-state index in [-0.39, 0.29) is 10.8 Å². The molecular weight excluding hydrogens is 326 g/mol. The Morgan fingerprint density at radius 3 is 2.24 bits per heavy atom. The second-order valence-corrected chi connectivity index (χ2v) is 13.0. The highest BCUT2D eigenvalue weighted by atomic mass is 28.4. The molecule has 0 radical (unpaired) electrons. The molecule has 3 nitrogen and oxygen atoms in total. The van der Waals surface area contributed by atoms with Crippen LogP contribution in [0, 0.1) is 0 Å². The van der Waals surface area contributed by atoms with Gasteiger partial charge in [-0.15, -0.1) is 0 Å². The number of Topliss-reactive ketones (excluding diaryl/α,β-unsaturated/α-hetero) is 1. The lowest BCUT2D eigenvalue weighted by atomic mass is 10.1. The van der Waals surface area contributed by atoms with E-state index in [1.54, 1.807) is 6.92 Å². The van der Waals surface area contributed by atoms with Crippen LogP contribution >= 0.6 is 0 Å². The van der Waals surface area contributed by atoms with Gasteiger partial charge in [-0.25, -0.2) is 0 Å². The third-order valence-corrected chi connectivity index (χ3v) is 9.78. The summed E-state index contributed by atoms with van der Waals surface area (Å²) in [5, 5.41) is 0.220. The second kappa shape index (κ2) is 7.30. The first kappa shape index (κ1) is 19.7. The fourth-order valence-corrected chi connectivity index (χ4v) is 3.42. The molecule has 0 atom stereocenters. The highest BCUT2D eigenvalue weighted by molar-refractivity contribution is 6.74. The molecule has 0 saturated carbocycles. The van der Waals surface area contributed by atoms with E-state index >= 15 is 0 Å². The number of nitrogens with zero attached hydrogens (tertiary/aromatic N) is 1. The van der Waals surface area contributed by atoms with Crippen LogP contribution in [-0.2, 0) is 17.6 Å². The Hall–Kier alpha value is -1.65. The number of ketones is 1. The van der Waals surface area contributed by atoms with Crippen LogP contribution in [0.2, 0.25) is 18.1 Å². The molecule has 0 aliphatic heterocycles. The van der Waals surface area contributed by atoms with Crippen molar-refractivity contribution in [2.45, 2.75) is 65.9 Å². The Morgan fingerprint density at radius 2 is 1.76 bits per heavy atom. The summed E-state index contributed by atoms with van der Waals surface area (Å²) in [5.74, 6) is 0.104. The lowest BCUT2D eigenvalue weighted by Gasteiger charge is -2.36. The van der Waals surface area contributed by atoms with Crippen LogP contribution < -0.4 is 0 Å². The smallest absolute Gasteiger partial charge is 0.192 e. The van der Waals surface area contributed by atoms with Crippen molar-refractivity contribution in [1.82, 2.24) is 4.57 Å². The molecule has 0 aliphatic carbocycles. The van der Waals surface area contributed by atoms with Gasteiger partial charge in [-0.2, -0.15) is 0 Å². The van der Waals surface area contributed by atoms with Crippen LogP contribution in [0.25, 0.3) is 11.3 Å². The third kappa shape index (κ3) is 4.50. The van der Waals surface area contributed by atoms with Gasteiger partial charge in [0, 0.05) is 24.0 Å². The number of carbonyl (C=O) groups is 1. The summed E-state index contributed by atoms with van der Waals surface area (Å²) in [6.45, 7) is 16.5. The Labute approximate surface area is 153 Å². The highest BCUT2D eigenvalue weighted by Crippen LogP contribution is 2.37. The van der Waals surface area contributed by atoms with Crippen molar-refractivity contribution in [1.29, 1.82) is 0 Å². The van der Waals surface area contributed by atoms with Gasteiger partial charge in [0.05, 0.1) is 6.61 Å². The summed E-state index contributed by atoms with van der Waals surface area (Å²) in [7, 11) is -1.73. The largest absolute Gasteiger partial charge is 0.413 e. The molecule has 0 fully saturated rings. The van der Waals surface area contributed by atoms with Gasteiger partial charge in [-0.3, -0.25) is 4.79 Å². The number of aryl methyl sites for hydroxylation is 1. The van der Waals surface area contributed by atoms with Crippen molar-refractivity contribution in [2.75, 3.05) is 0 Å². The van der Waals surface area contributed by atoms with Crippen molar-refractivity contribution in [3.8, 4) is 11.3 Å². The van der Waals surface area contributed by atoms with E-state index in [1.807, 2.05) is 12.3 Å². The van der Waals surface area contributed by atoms with Crippen LogP contribution in [0.4, 0.5) is 0 Å². The molecule has 1 aromatic carbocycles. The topological polar surface area (TPSA) is 31.2 Å². The molecule has 136 valence electrons. The van der Waals surface area contributed by atoms with Gasteiger partial charge in [0.25, 0.3) is 0 Å². The number of aromatic nitrogens is 1. The van der Waals surface area contributed by atoms with E-state index in [0.29, 0.717) is 6.61 Å². The first-order valence-electron chi connectivity index (χ1n) is 8.99. The van der Waals surface area contributed by atoms with Crippen LogP contribution in [-0.4, -0.2) is 18.7 Å². The molecule has 0 unspecified atom stereocenters. The van der Waals surface area contributed by atoms with Crippen molar-refractivity contribution < 1.29 is 9.22 Å². The zero-order chi connectivity index (χ0) is 18.8. The Balaban J connectivity index is 2.17. The minimum atomic E-state index is -1.73. The summed E-state index contributed by atoms with van der Waals surface area (Å²) in [6.07, 6.45) is 1.94. The van der Waals surface area contributed by atoms with Crippen molar-refractivity contribution in [3.05, 3.63) is 47.7 Å². The standard InChI is InChI=1S/C21H31NO2Si/c1-8-22-14-19(16(2)23)13-20(22)18-11-9-17(10-12-18)15-24-25(6,7)21(3,4)5/h9-14H,8,15H2,1-7H3. The molecule has 0 aliphatic rings. The fourth-order valence-electron chi connectivity index (χ4n) is 2.46. The molecule has 2 aromatic rings. The summed E-state index contributed by atoms with van der Waals surface area (Å²) < 4.78 is 8.42. The molecule has 0 N–H and O–H groups in total. The maximum absolute atomic E-state index is 11.6. The molecule has 0 saturated heterocycles. The number of rotatable bonds is 6. The van der Waals surface area contributed by atoms with Crippen molar-refractivity contribution >= 4 is 14.1 Å². The van der Waals surface area contributed by atoms with E-state index in [2.05, 4.69) is 69.6 Å². The van der Waals surface area contributed by atoms with Gasteiger partial charge < -0.3 is 8.99 Å². The second-order valence-electron chi connectivity index (χ2n) is 8.20. The first-order chi connectivity index (χ1) is 11.5. The molecular formula is C21H31NO2Si. The Morgan fingerprint density at radius 1 is 1.16 bits per heavy atom. The average Bonchev–Trinajstić information content (AvgIpc) is 2.97. The van der Waals surface area contributed by atoms with Crippen molar-refractivity contribution in [3.63, 3.8) is 0 Å². The Bertz CT molecular complexity index is 736. The van der Waals surface area contributed by atoms with Gasteiger partial charge in [0.1, 0.15) is 0 Å². The maximum Gasteiger partial charge on any atom is 0.192 e. The number of carbonyl (C=O) groups excluding carboxylic acids is 1. The minimum Gasteiger partial charge on any atom is -0.413 e. The highest BCUT2D eigenvalue weighted by Gasteiger charge is 2.36. The number of benzene rings is 1. The average molecular weight is 358 g/mol. The number of hydrogen-bond acceptors (Lipinski definition) is 2. The van der Waals surface area contributed by atoms with E-state index in [0.717, 1.165) is 23.4 Å². The van der Waals surface area contributed by atoms with E-state index in [4.69, 9.17) is 4.43 Å². The molecule has 2 rings (SSSR count). The van der Waals surface area contributed by atoms with Gasteiger partial charge in [0.15, 0.2) is 14.1 Å². The quantitative estimate of drug-likeness (QED) is 0.476. The molecule has 25 heavy (non-hydrogen) atoms. The van der Waals surface area contributed by atoms with E-state index in [1.165, 1.54) is 5.56 Å².